The van der Waals surface area contributed by atoms with Crippen molar-refractivity contribution < 1.29 is 22.7 Å². The SMILES string of the molecule is Cc1ccc(N(CC(=O)N/N=C\c2ccc(OCC(=O)Nc3cccc(Cl)c3)cc2)S(=O)(=O)c2ccccc2)cc1C. The van der Waals surface area contributed by atoms with Crippen molar-refractivity contribution >= 4 is 51.0 Å². The lowest BCUT2D eigenvalue weighted by molar-refractivity contribution is -0.119. The molecule has 4 rings (SSSR count). The van der Waals surface area contributed by atoms with Crippen LogP contribution in [-0.2, 0) is 19.6 Å². The van der Waals surface area contributed by atoms with Crippen LogP contribution in [0.3, 0.4) is 0 Å². The zero-order valence-corrected chi connectivity index (χ0v) is 24.5. The van der Waals surface area contributed by atoms with Gasteiger partial charge in [0.05, 0.1) is 16.8 Å². The summed E-state index contributed by atoms with van der Waals surface area (Å²) < 4.78 is 33.5. The van der Waals surface area contributed by atoms with Crippen LogP contribution < -0.4 is 19.8 Å². The summed E-state index contributed by atoms with van der Waals surface area (Å²) in [7, 11) is -4.02. The number of anilines is 2. The molecule has 9 nitrogen and oxygen atoms in total. The van der Waals surface area contributed by atoms with Crippen LogP contribution >= 0.6 is 11.6 Å². The number of hydrogen-bond acceptors (Lipinski definition) is 6. The van der Waals surface area contributed by atoms with E-state index in [2.05, 4.69) is 15.8 Å². The highest BCUT2D eigenvalue weighted by atomic mass is 35.5. The summed E-state index contributed by atoms with van der Waals surface area (Å²) >= 11 is 5.93. The minimum absolute atomic E-state index is 0.0729. The summed E-state index contributed by atoms with van der Waals surface area (Å²) in [5.41, 5.74) is 5.88. The van der Waals surface area contributed by atoms with Crippen LogP contribution in [0.25, 0.3) is 0 Å². The summed E-state index contributed by atoms with van der Waals surface area (Å²) in [4.78, 5) is 25.0. The van der Waals surface area contributed by atoms with Gasteiger partial charge in [-0.25, -0.2) is 13.8 Å². The van der Waals surface area contributed by atoms with E-state index in [0.29, 0.717) is 27.7 Å². The molecule has 0 saturated carbocycles. The number of amides is 2. The van der Waals surface area contributed by atoms with Crippen LogP contribution in [0.15, 0.2) is 107 Å². The van der Waals surface area contributed by atoms with Crippen molar-refractivity contribution in [3.8, 4) is 5.75 Å². The van der Waals surface area contributed by atoms with Crippen molar-refractivity contribution in [2.24, 2.45) is 5.10 Å². The third kappa shape index (κ3) is 8.18. The number of hydrazone groups is 1. The predicted octanol–water partition coefficient (Wildman–Crippen LogP) is 5.32. The van der Waals surface area contributed by atoms with E-state index in [0.717, 1.165) is 15.4 Å². The van der Waals surface area contributed by atoms with Crippen molar-refractivity contribution in [1.29, 1.82) is 0 Å². The van der Waals surface area contributed by atoms with Crippen molar-refractivity contribution in [2.75, 3.05) is 22.8 Å². The van der Waals surface area contributed by atoms with E-state index in [4.69, 9.17) is 16.3 Å². The number of hydrogen-bond donors (Lipinski definition) is 2. The Balaban J connectivity index is 1.35. The normalized spacial score (nSPS) is 11.2. The number of sulfonamides is 1. The van der Waals surface area contributed by atoms with E-state index >= 15 is 0 Å². The van der Waals surface area contributed by atoms with Gasteiger partial charge < -0.3 is 10.1 Å². The number of carbonyl (C=O) groups excluding carboxylic acids is 2. The molecule has 0 aliphatic carbocycles. The van der Waals surface area contributed by atoms with E-state index < -0.39 is 22.5 Å². The number of aryl methyl sites for hydroxylation is 2. The lowest BCUT2D eigenvalue weighted by Crippen LogP contribution is -2.39. The van der Waals surface area contributed by atoms with E-state index in [1.807, 2.05) is 19.9 Å². The van der Waals surface area contributed by atoms with Gasteiger partial charge in [0, 0.05) is 10.7 Å². The molecule has 216 valence electrons. The molecule has 0 fully saturated rings. The fraction of sp³-hybridized carbons (Fsp3) is 0.129. The molecule has 0 radical (unpaired) electrons. The summed E-state index contributed by atoms with van der Waals surface area (Å²) in [5.74, 6) is -0.489. The molecule has 0 aliphatic rings. The second-order valence-corrected chi connectivity index (χ2v) is 11.6. The van der Waals surface area contributed by atoms with Gasteiger partial charge in [-0.3, -0.25) is 13.9 Å². The first kappa shape index (κ1) is 30.3. The molecule has 0 aliphatic heterocycles. The van der Waals surface area contributed by atoms with Crippen molar-refractivity contribution in [3.63, 3.8) is 0 Å². The molecule has 4 aromatic carbocycles. The van der Waals surface area contributed by atoms with Gasteiger partial charge in [-0.1, -0.05) is 41.9 Å². The van der Waals surface area contributed by atoms with Crippen LogP contribution in [0, 0.1) is 13.8 Å². The first-order chi connectivity index (χ1) is 20.1. The minimum atomic E-state index is -4.02. The summed E-state index contributed by atoms with van der Waals surface area (Å²) in [6, 6.07) is 26.7. The van der Waals surface area contributed by atoms with Gasteiger partial charge in [0.25, 0.3) is 21.8 Å². The summed E-state index contributed by atoms with van der Waals surface area (Å²) in [5, 5.41) is 7.18. The Kier molecular flexibility index (Phi) is 9.95. The molecule has 4 aromatic rings. The Morgan fingerprint density at radius 1 is 0.881 bits per heavy atom. The Morgan fingerprint density at radius 3 is 2.31 bits per heavy atom. The number of halogens is 1. The van der Waals surface area contributed by atoms with Gasteiger partial charge in [-0.2, -0.15) is 5.10 Å². The maximum atomic E-state index is 13.5. The minimum Gasteiger partial charge on any atom is -0.484 e. The Morgan fingerprint density at radius 2 is 1.62 bits per heavy atom. The third-order valence-electron chi connectivity index (χ3n) is 6.16. The number of nitrogens with one attached hydrogen (secondary N) is 2. The van der Waals surface area contributed by atoms with Gasteiger partial charge in [0.15, 0.2) is 6.61 Å². The smallest absolute Gasteiger partial charge is 0.264 e. The predicted molar refractivity (Wildman–Crippen MR) is 165 cm³/mol. The molecule has 0 aromatic heterocycles. The van der Waals surface area contributed by atoms with Crippen molar-refractivity contribution in [1.82, 2.24) is 5.43 Å². The summed E-state index contributed by atoms with van der Waals surface area (Å²) in [6.07, 6.45) is 1.42. The molecular weight excluding hydrogens is 576 g/mol. The van der Waals surface area contributed by atoms with Crippen LogP contribution in [0.2, 0.25) is 5.02 Å². The first-order valence-electron chi connectivity index (χ1n) is 12.9. The number of rotatable bonds is 11. The number of benzene rings is 4. The molecule has 2 amide bonds. The molecular formula is C31H29ClN4O5S. The van der Waals surface area contributed by atoms with Gasteiger partial charge in [0.1, 0.15) is 12.3 Å². The van der Waals surface area contributed by atoms with Gasteiger partial charge in [0.2, 0.25) is 0 Å². The van der Waals surface area contributed by atoms with Crippen molar-refractivity contribution in [2.45, 2.75) is 18.7 Å². The standard InChI is InChI=1S/C31H29ClN4O5S/c1-22-11-14-27(17-23(22)2)36(42(39,40)29-9-4-3-5-10-29)20-30(37)35-33-19-24-12-15-28(16-13-24)41-21-31(38)34-26-8-6-7-25(32)18-26/h3-19H,20-21H2,1-2H3,(H,34,38)(H,35,37)/b33-19-. The maximum absolute atomic E-state index is 13.5. The van der Waals surface area contributed by atoms with Crippen LogP contribution in [0.4, 0.5) is 11.4 Å². The second kappa shape index (κ2) is 13.8. The maximum Gasteiger partial charge on any atom is 0.264 e. The molecule has 0 atom stereocenters. The Bertz CT molecular complexity index is 1690. The largest absolute Gasteiger partial charge is 0.484 e. The monoisotopic (exact) mass is 604 g/mol. The molecule has 11 heteroatoms. The molecule has 42 heavy (non-hydrogen) atoms. The average Bonchev–Trinajstić information content (AvgIpc) is 2.97. The first-order valence-corrected chi connectivity index (χ1v) is 14.7. The lowest BCUT2D eigenvalue weighted by Gasteiger charge is -2.24. The number of carbonyl (C=O) groups is 2. The van der Waals surface area contributed by atoms with E-state index in [1.165, 1.54) is 18.3 Å². The molecule has 0 unspecified atom stereocenters. The number of ether oxygens (including phenoxy) is 1. The van der Waals surface area contributed by atoms with Crippen molar-refractivity contribution in [3.05, 3.63) is 119 Å². The van der Waals surface area contributed by atoms with E-state index in [1.54, 1.807) is 78.9 Å². The highest BCUT2D eigenvalue weighted by Crippen LogP contribution is 2.25. The van der Waals surface area contributed by atoms with Gasteiger partial charge in [-0.05, 0) is 97.3 Å². The molecule has 0 saturated heterocycles. The Hall–Kier alpha value is -4.67. The molecule has 2 N–H and O–H groups in total. The second-order valence-electron chi connectivity index (χ2n) is 9.30. The molecule has 0 bridgehead atoms. The molecule has 0 spiro atoms. The topological polar surface area (TPSA) is 117 Å². The van der Waals surface area contributed by atoms with Crippen LogP contribution in [-0.4, -0.2) is 39.6 Å². The Labute approximate surface area is 249 Å². The fourth-order valence-electron chi connectivity index (χ4n) is 3.82. The number of nitrogens with zero attached hydrogens (tertiary/aromatic N) is 2. The summed E-state index contributed by atoms with van der Waals surface area (Å²) in [6.45, 7) is 3.14. The molecule has 0 heterocycles. The highest BCUT2D eigenvalue weighted by Gasteiger charge is 2.27. The van der Waals surface area contributed by atoms with E-state index in [9.17, 15) is 18.0 Å². The van der Waals surface area contributed by atoms with Gasteiger partial charge in [-0.15, -0.1) is 0 Å². The van der Waals surface area contributed by atoms with Crippen LogP contribution in [0.5, 0.6) is 5.75 Å². The highest BCUT2D eigenvalue weighted by molar-refractivity contribution is 7.92. The van der Waals surface area contributed by atoms with Crippen LogP contribution in [0.1, 0.15) is 16.7 Å². The zero-order chi connectivity index (χ0) is 30.1. The fourth-order valence-corrected chi connectivity index (χ4v) is 5.45. The average molecular weight is 605 g/mol. The third-order valence-corrected chi connectivity index (χ3v) is 8.18. The van der Waals surface area contributed by atoms with E-state index in [-0.39, 0.29) is 17.4 Å². The lowest BCUT2D eigenvalue weighted by atomic mass is 10.1. The quantitative estimate of drug-likeness (QED) is 0.177. The van der Waals surface area contributed by atoms with Gasteiger partial charge >= 0.3 is 0 Å². The zero-order valence-electron chi connectivity index (χ0n) is 23.0.